The van der Waals surface area contributed by atoms with Crippen molar-refractivity contribution in [3.05, 3.63) is 70.8 Å². The number of ether oxygens (including phenoxy) is 1. The Morgan fingerprint density at radius 2 is 2.02 bits per heavy atom. The van der Waals surface area contributed by atoms with Gasteiger partial charge in [-0.15, -0.1) is 0 Å². The summed E-state index contributed by atoms with van der Waals surface area (Å²) in [5, 5.41) is 5.78. The van der Waals surface area contributed by atoms with Crippen LogP contribution < -0.4 is 5.32 Å². The molecule has 1 aliphatic heterocycles. The molecule has 1 amide bonds. The zero-order chi connectivity index (χ0) is 28.6. The number of nitrogens with one attached hydrogen (secondary N) is 2. The van der Waals surface area contributed by atoms with Crippen molar-refractivity contribution in [2.24, 2.45) is 5.92 Å². The number of aromatic nitrogens is 3. The van der Waals surface area contributed by atoms with Gasteiger partial charge in [-0.25, -0.2) is 0 Å². The highest BCUT2D eigenvalue weighted by atomic mass is 35.5. The molecule has 1 fully saturated rings. The number of aryl methyl sites for hydroxylation is 1. The lowest BCUT2D eigenvalue weighted by atomic mass is 9.95. The van der Waals surface area contributed by atoms with E-state index in [1.165, 1.54) is 0 Å². The summed E-state index contributed by atoms with van der Waals surface area (Å²) in [5.74, 6) is 0.0391. The smallest absolute Gasteiger partial charge is 0.253 e. The van der Waals surface area contributed by atoms with Crippen LogP contribution in [-0.2, 0) is 16.0 Å². The van der Waals surface area contributed by atoms with Gasteiger partial charge in [0.25, 0.3) is 5.91 Å². The molecule has 40 heavy (non-hydrogen) atoms. The summed E-state index contributed by atoms with van der Waals surface area (Å²) in [5.41, 5.74) is 3.45. The first-order valence-corrected chi connectivity index (χ1v) is 14.1. The molecule has 1 aliphatic rings. The third-order valence-electron chi connectivity index (χ3n) is 7.75. The quantitative estimate of drug-likeness (QED) is 0.310. The van der Waals surface area contributed by atoms with Gasteiger partial charge in [0.15, 0.2) is 5.78 Å². The SMILES string of the molecule is Cc1ncccc1C(=O)N[C@H](CN1CC(C)(C)OC[C@H]1C(=O)Cc1cc(Cl)cc2c1[nH]c1cnccc12)C(C)C. The molecule has 9 heteroatoms. The summed E-state index contributed by atoms with van der Waals surface area (Å²) in [6, 6.07) is 8.65. The zero-order valence-corrected chi connectivity index (χ0v) is 24.4. The Balaban J connectivity index is 1.40. The predicted molar refractivity (Wildman–Crippen MR) is 158 cm³/mol. The lowest BCUT2D eigenvalue weighted by molar-refractivity contribution is -0.146. The molecule has 5 rings (SSSR count). The van der Waals surface area contributed by atoms with Crippen LogP contribution in [0.2, 0.25) is 5.02 Å². The maximum Gasteiger partial charge on any atom is 0.253 e. The number of hydrogen-bond acceptors (Lipinski definition) is 6. The third-order valence-corrected chi connectivity index (χ3v) is 7.97. The average molecular weight is 562 g/mol. The highest BCUT2D eigenvalue weighted by Crippen LogP contribution is 2.31. The first-order valence-electron chi connectivity index (χ1n) is 13.7. The maximum absolute atomic E-state index is 13.9. The minimum absolute atomic E-state index is 0.0489. The molecule has 0 saturated carbocycles. The molecule has 1 aromatic carbocycles. The number of hydrogen-bond donors (Lipinski definition) is 2. The molecule has 4 heterocycles. The second-order valence-corrected chi connectivity index (χ2v) is 12.1. The predicted octanol–water partition coefficient (Wildman–Crippen LogP) is 5.12. The molecule has 3 aromatic heterocycles. The second-order valence-electron chi connectivity index (χ2n) is 11.7. The number of nitrogens with zero attached hydrogens (tertiary/aromatic N) is 3. The van der Waals surface area contributed by atoms with E-state index in [-0.39, 0.29) is 36.7 Å². The number of ketones is 1. The van der Waals surface area contributed by atoms with Crippen molar-refractivity contribution >= 4 is 45.1 Å². The Morgan fingerprint density at radius 3 is 2.77 bits per heavy atom. The van der Waals surface area contributed by atoms with Crippen molar-refractivity contribution < 1.29 is 14.3 Å². The number of H-pyrrole nitrogens is 1. The minimum atomic E-state index is -0.452. The number of rotatable bonds is 8. The van der Waals surface area contributed by atoms with Gasteiger partial charge in [-0.05, 0) is 62.6 Å². The first kappa shape index (κ1) is 28.2. The van der Waals surface area contributed by atoms with Gasteiger partial charge >= 0.3 is 0 Å². The van der Waals surface area contributed by atoms with Crippen LogP contribution in [0.15, 0.2) is 48.9 Å². The number of Topliss-reactive ketones (excluding diaryl/α,β-unsaturated/α-hetero) is 1. The van der Waals surface area contributed by atoms with Crippen molar-refractivity contribution in [2.45, 2.75) is 58.7 Å². The second kappa shape index (κ2) is 11.3. The molecule has 0 spiro atoms. The fraction of sp³-hybridized carbons (Fsp3) is 0.419. The molecule has 4 aromatic rings. The van der Waals surface area contributed by atoms with Crippen molar-refractivity contribution in [3.63, 3.8) is 0 Å². The summed E-state index contributed by atoms with van der Waals surface area (Å²) in [6.07, 6.45) is 5.41. The molecular weight excluding hydrogens is 526 g/mol. The van der Waals surface area contributed by atoms with Crippen LogP contribution in [0, 0.1) is 12.8 Å². The van der Waals surface area contributed by atoms with E-state index < -0.39 is 11.6 Å². The first-order chi connectivity index (χ1) is 19.0. The maximum atomic E-state index is 13.9. The molecule has 1 saturated heterocycles. The van der Waals surface area contributed by atoms with E-state index in [1.54, 1.807) is 30.7 Å². The summed E-state index contributed by atoms with van der Waals surface area (Å²) in [4.78, 5) is 41.1. The minimum Gasteiger partial charge on any atom is -0.372 e. The number of pyridine rings is 2. The number of halogens is 1. The van der Waals surface area contributed by atoms with E-state index in [0.717, 1.165) is 27.4 Å². The Morgan fingerprint density at radius 1 is 1.23 bits per heavy atom. The van der Waals surface area contributed by atoms with Crippen molar-refractivity contribution in [1.29, 1.82) is 0 Å². The lowest BCUT2D eigenvalue weighted by Crippen LogP contribution is -2.60. The van der Waals surface area contributed by atoms with Crippen LogP contribution in [0.1, 0.15) is 49.3 Å². The van der Waals surface area contributed by atoms with Gasteiger partial charge in [-0.3, -0.25) is 24.5 Å². The van der Waals surface area contributed by atoms with Crippen LogP contribution in [-0.4, -0.2) is 68.9 Å². The van der Waals surface area contributed by atoms with Gasteiger partial charge in [0.05, 0.1) is 41.0 Å². The van der Waals surface area contributed by atoms with Crippen LogP contribution in [0.5, 0.6) is 0 Å². The van der Waals surface area contributed by atoms with Gasteiger partial charge in [-0.1, -0.05) is 25.4 Å². The molecule has 2 N–H and O–H groups in total. The Bertz CT molecular complexity index is 1560. The Kier molecular flexibility index (Phi) is 7.95. The molecule has 0 bridgehead atoms. The van der Waals surface area contributed by atoms with Gasteiger partial charge in [0, 0.05) is 59.4 Å². The van der Waals surface area contributed by atoms with Gasteiger partial charge in [0.1, 0.15) is 0 Å². The summed E-state index contributed by atoms with van der Waals surface area (Å²) >= 11 is 6.51. The summed E-state index contributed by atoms with van der Waals surface area (Å²) < 4.78 is 6.13. The average Bonchev–Trinajstić information content (AvgIpc) is 3.26. The van der Waals surface area contributed by atoms with E-state index in [1.807, 2.05) is 39.0 Å². The molecular formula is C31H36ClN5O3. The fourth-order valence-electron chi connectivity index (χ4n) is 5.52. The number of fused-ring (bicyclic) bond motifs is 3. The van der Waals surface area contributed by atoms with Gasteiger partial charge in [0.2, 0.25) is 0 Å². The van der Waals surface area contributed by atoms with E-state index in [9.17, 15) is 9.59 Å². The lowest BCUT2D eigenvalue weighted by Gasteiger charge is -2.44. The normalized spacial score (nSPS) is 18.3. The van der Waals surface area contributed by atoms with E-state index in [0.29, 0.717) is 29.4 Å². The number of carbonyl (C=O) groups excluding carboxylic acids is 2. The number of amides is 1. The standard InChI is InChI=1S/C31H36ClN5O3/c1-18(2)26(36-30(39)22-7-6-9-34-19(22)3)15-37-17-31(4,5)40-16-27(37)28(38)12-20-11-21(32)13-24-23-8-10-33-14-25(23)35-29(20)24/h6-11,13-14,18,26-27,35H,12,15-17H2,1-5H3,(H,36,39)/t26-,27+/m1/s1. The highest BCUT2D eigenvalue weighted by molar-refractivity contribution is 6.32. The highest BCUT2D eigenvalue weighted by Gasteiger charge is 2.39. The van der Waals surface area contributed by atoms with E-state index in [2.05, 4.69) is 39.0 Å². The van der Waals surface area contributed by atoms with Crippen molar-refractivity contribution in [1.82, 2.24) is 25.2 Å². The molecule has 8 nitrogen and oxygen atoms in total. The number of aromatic amines is 1. The molecule has 0 radical (unpaired) electrons. The summed E-state index contributed by atoms with van der Waals surface area (Å²) in [6.45, 7) is 11.4. The number of carbonyl (C=O) groups is 2. The topological polar surface area (TPSA) is 100 Å². The van der Waals surface area contributed by atoms with Crippen molar-refractivity contribution in [3.8, 4) is 0 Å². The monoisotopic (exact) mass is 561 g/mol. The number of morpholine rings is 1. The molecule has 0 aliphatic carbocycles. The Hall–Kier alpha value is -3.33. The fourth-order valence-corrected chi connectivity index (χ4v) is 5.76. The molecule has 2 atom stereocenters. The molecule has 0 unspecified atom stereocenters. The summed E-state index contributed by atoms with van der Waals surface area (Å²) in [7, 11) is 0. The Labute approximate surface area is 239 Å². The van der Waals surface area contributed by atoms with E-state index >= 15 is 0 Å². The van der Waals surface area contributed by atoms with Gasteiger partial charge in [-0.2, -0.15) is 0 Å². The largest absolute Gasteiger partial charge is 0.372 e. The van der Waals surface area contributed by atoms with Crippen LogP contribution >= 0.6 is 11.6 Å². The van der Waals surface area contributed by atoms with E-state index in [4.69, 9.17) is 16.3 Å². The van der Waals surface area contributed by atoms with Crippen LogP contribution in [0.4, 0.5) is 0 Å². The number of benzene rings is 1. The van der Waals surface area contributed by atoms with Gasteiger partial charge < -0.3 is 15.0 Å². The van der Waals surface area contributed by atoms with Crippen LogP contribution in [0.25, 0.3) is 21.8 Å². The third kappa shape index (κ3) is 5.89. The molecule has 210 valence electrons. The van der Waals surface area contributed by atoms with Crippen LogP contribution in [0.3, 0.4) is 0 Å². The zero-order valence-electron chi connectivity index (χ0n) is 23.6. The van der Waals surface area contributed by atoms with Crippen molar-refractivity contribution in [2.75, 3.05) is 19.7 Å².